The first-order chi connectivity index (χ1) is 54.2. The van der Waals surface area contributed by atoms with Gasteiger partial charge in [0.2, 0.25) is 0 Å². The summed E-state index contributed by atoms with van der Waals surface area (Å²) in [6.45, 7) is 44.8. The molecule has 0 saturated carbocycles. The summed E-state index contributed by atoms with van der Waals surface area (Å²) in [7, 11) is 0. The fourth-order valence-corrected chi connectivity index (χ4v) is 16.4. The van der Waals surface area contributed by atoms with Gasteiger partial charge in [-0.05, 0) is 78.0 Å². The first-order valence-electron chi connectivity index (χ1n) is 40.7. The third-order valence-corrected chi connectivity index (χ3v) is 24.7. The summed E-state index contributed by atoms with van der Waals surface area (Å²) in [6.07, 6.45) is 0. The van der Waals surface area contributed by atoms with E-state index in [4.69, 9.17) is 0 Å². The van der Waals surface area contributed by atoms with E-state index in [1.54, 1.807) is 0 Å². The molecule has 0 fully saturated rings. The Labute approximate surface area is 737 Å². The van der Waals surface area contributed by atoms with Gasteiger partial charge in [0.25, 0.3) is 0 Å². The van der Waals surface area contributed by atoms with Crippen molar-refractivity contribution < 1.29 is 73.3 Å². The van der Waals surface area contributed by atoms with Crippen molar-refractivity contribution in [2.45, 2.75) is 172 Å². The monoisotopic (exact) mass is 1710 g/mol. The SMILES string of the molecule is CC(C)c1cc2c(-c3ccc(C(C)(C)C)cc3)cccc2[cH-]1.CC(C)c1cc2c(-c3ccc(C(C)(C)C)cc3)cccc2[cH-]1.Cc1cc2c(-c3ccc(C(C)(C)C)cc3)ccc(C)c2[cH-]1.Cc1cc2c(-c3ccc(C(C)(C)C)cc3)ccc(C)c2[cH-]1.[Cl-].[Cl-].[Zr+2]=[C](c1ccccc1)c1ccccc1.[Zr+2]=[C](c1ccccc1)c1ccccc1. The van der Waals surface area contributed by atoms with Crippen molar-refractivity contribution >= 4 is 49.5 Å². The van der Waals surface area contributed by atoms with Crippen molar-refractivity contribution in [1.29, 1.82) is 0 Å². The number of fused-ring (bicyclic) bond motifs is 4. The van der Waals surface area contributed by atoms with E-state index in [9.17, 15) is 0 Å². The van der Waals surface area contributed by atoms with Gasteiger partial charge in [-0.2, -0.15) is 24.3 Å². The van der Waals surface area contributed by atoms with Crippen LogP contribution < -0.4 is 24.8 Å². The number of halogens is 2. The molecular formula is C112H116Cl2Zr2-2. The molecular weight excluding hydrogens is 1600 g/mol. The van der Waals surface area contributed by atoms with Crippen LogP contribution in [0.3, 0.4) is 0 Å². The first-order valence-corrected chi connectivity index (χ1v) is 43.2. The Morgan fingerprint density at radius 2 is 0.500 bits per heavy atom. The molecule has 16 aromatic rings. The minimum atomic E-state index is 0. The van der Waals surface area contributed by atoms with Gasteiger partial charge in [0.1, 0.15) is 0 Å². The van der Waals surface area contributed by atoms with Gasteiger partial charge in [-0.25, -0.2) is 0 Å². The summed E-state index contributed by atoms with van der Waals surface area (Å²) >= 11 is 2.92. The van der Waals surface area contributed by atoms with E-state index < -0.39 is 0 Å². The molecule has 0 aliphatic rings. The van der Waals surface area contributed by atoms with Crippen LogP contribution in [0.1, 0.15) is 201 Å². The number of benzene rings is 12. The van der Waals surface area contributed by atoms with Crippen LogP contribution >= 0.6 is 0 Å². The predicted molar refractivity (Wildman–Crippen MR) is 494 cm³/mol. The normalized spacial score (nSPS) is 11.4. The van der Waals surface area contributed by atoms with Crippen LogP contribution in [0.4, 0.5) is 0 Å². The maximum atomic E-state index is 2.35. The van der Waals surface area contributed by atoms with Crippen LogP contribution in [0, 0.1) is 27.7 Å². The van der Waals surface area contributed by atoms with Gasteiger partial charge in [-0.1, -0.05) is 282 Å². The average molecular weight is 1720 g/mol. The molecule has 0 amide bonds. The van der Waals surface area contributed by atoms with Gasteiger partial charge in [0.15, 0.2) is 0 Å². The number of aryl methyl sites for hydroxylation is 4. The average Bonchev–Trinajstić information content (AvgIpc) is 1.61. The quantitative estimate of drug-likeness (QED) is 0.120. The summed E-state index contributed by atoms with van der Waals surface area (Å²) in [5.74, 6) is 1.15. The standard InChI is InChI=1S/2C22H25.2C21H23.2C13H10.2ClH.2Zr/c2*1-15(2)18-13-17-7-6-8-20(21(17)14-18)16-9-11-19(12-10-16)22(3,4)5;2*1-14-12-19-15(2)6-11-18(20(19)13-14)16-7-9-17(10-8-16)21(3,4)5;2*1-3-7-12(8-4-1)11-13-9-5-2-6-10-13;;;;/h2*6-15H,1-5H3;2*6-13H,1-5H3;2*1-10H;2*1H;;/q4*-1;;;;;2*+2/p-2. The molecule has 0 radical (unpaired) electrons. The summed E-state index contributed by atoms with van der Waals surface area (Å²) in [5.41, 5.74) is 30.5. The third-order valence-electron chi connectivity index (χ3n) is 21.9. The van der Waals surface area contributed by atoms with Crippen LogP contribution in [-0.4, -0.2) is 6.41 Å². The van der Waals surface area contributed by atoms with Crippen molar-refractivity contribution in [3.05, 3.63) is 405 Å². The minimum absolute atomic E-state index is 0. The molecule has 588 valence electrons. The van der Waals surface area contributed by atoms with E-state index >= 15 is 0 Å². The van der Waals surface area contributed by atoms with Gasteiger partial charge in [-0.3, -0.25) is 0 Å². The Kier molecular flexibility index (Phi) is 31.5. The zero-order valence-corrected chi connectivity index (χ0v) is 78.5. The Morgan fingerprint density at radius 1 is 0.259 bits per heavy atom. The summed E-state index contributed by atoms with van der Waals surface area (Å²) in [4.78, 5) is 0. The van der Waals surface area contributed by atoms with Crippen molar-refractivity contribution in [3.8, 4) is 44.5 Å². The molecule has 0 nitrogen and oxygen atoms in total. The van der Waals surface area contributed by atoms with Gasteiger partial charge < -0.3 is 24.8 Å². The van der Waals surface area contributed by atoms with Crippen LogP contribution in [0.15, 0.2) is 328 Å². The molecule has 0 heterocycles. The summed E-state index contributed by atoms with van der Waals surface area (Å²) in [6, 6.07) is 119. The number of hydrogen-bond donors (Lipinski definition) is 0. The zero-order chi connectivity index (χ0) is 81.8. The summed E-state index contributed by atoms with van der Waals surface area (Å²) in [5, 5.41) is 10.9. The molecule has 116 heavy (non-hydrogen) atoms. The molecule has 16 aromatic carbocycles. The fourth-order valence-electron chi connectivity index (χ4n) is 14.7. The van der Waals surface area contributed by atoms with E-state index in [0.717, 1.165) is 0 Å². The Hall–Kier alpha value is -8.83. The van der Waals surface area contributed by atoms with Crippen LogP contribution in [0.25, 0.3) is 87.6 Å². The second kappa shape index (κ2) is 40.1. The molecule has 0 bridgehead atoms. The second-order valence-electron chi connectivity index (χ2n) is 35.6. The zero-order valence-electron chi connectivity index (χ0n) is 72.1. The molecule has 0 unspecified atom stereocenters. The molecule has 0 N–H and O–H groups in total. The molecule has 4 heteroatoms. The van der Waals surface area contributed by atoms with Gasteiger partial charge in [-0.15, -0.1) is 137 Å². The third kappa shape index (κ3) is 23.3. The van der Waals surface area contributed by atoms with E-state index in [2.05, 4.69) is 466 Å². The number of hydrogen-bond acceptors (Lipinski definition) is 0. The Morgan fingerprint density at radius 3 is 0.733 bits per heavy atom. The number of rotatable bonds is 10. The molecule has 0 aliphatic carbocycles. The molecule has 0 saturated heterocycles. The van der Waals surface area contributed by atoms with Crippen LogP contribution in [0.2, 0.25) is 0 Å². The van der Waals surface area contributed by atoms with E-state index in [-0.39, 0.29) is 46.5 Å². The van der Waals surface area contributed by atoms with E-state index in [1.807, 2.05) is 0 Å². The molecule has 0 spiro atoms. The van der Waals surface area contributed by atoms with Crippen molar-refractivity contribution in [2.24, 2.45) is 0 Å². The Bertz CT molecular complexity index is 5380. The van der Waals surface area contributed by atoms with Crippen LogP contribution in [-0.2, 0) is 70.1 Å². The predicted octanol–water partition coefficient (Wildman–Crippen LogP) is 25.2. The van der Waals surface area contributed by atoms with Crippen molar-refractivity contribution in [1.82, 2.24) is 0 Å². The molecule has 16 rings (SSSR count). The van der Waals surface area contributed by atoms with Crippen molar-refractivity contribution in [3.63, 3.8) is 0 Å². The fraction of sp³-hybridized carbons (Fsp3) is 0.232. The van der Waals surface area contributed by atoms with Crippen LogP contribution in [0.5, 0.6) is 0 Å². The van der Waals surface area contributed by atoms with Gasteiger partial charge >= 0.3 is 198 Å². The molecule has 0 aliphatic heterocycles. The maximum absolute atomic E-state index is 2.35. The molecule has 0 atom stereocenters. The summed E-state index contributed by atoms with van der Waals surface area (Å²) < 4.78 is 2.83. The Balaban J connectivity index is 0.000000160. The van der Waals surface area contributed by atoms with E-state index in [1.165, 1.54) is 220 Å². The first kappa shape index (κ1) is 91.1. The topological polar surface area (TPSA) is 0 Å². The van der Waals surface area contributed by atoms with E-state index in [0.29, 0.717) is 11.8 Å². The van der Waals surface area contributed by atoms with Crippen molar-refractivity contribution in [2.75, 3.05) is 0 Å². The van der Waals surface area contributed by atoms with Gasteiger partial charge in [0.05, 0.1) is 0 Å². The van der Waals surface area contributed by atoms with Gasteiger partial charge in [0, 0.05) is 0 Å². The molecule has 0 aromatic heterocycles. The second-order valence-corrected chi connectivity index (χ2v) is 38.1.